The SMILES string of the molecule is COc1cc(/C=C/C(=O)OC(C)C(=O)Nc2cccc(C(F)(F)F)c2)ccc1OC(F)F. The van der Waals surface area contributed by atoms with Crippen LogP contribution in [0.15, 0.2) is 48.5 Å². The Balaban J connectivity index is 1.97. The number of benzene rings is 2. The standard InChI is InChI=1S/C21H18F5NO5/c1-12(19(29)27-15-5-3-4-14(11-15)21(24,25)26)31-18(28)9-7-13-6-8-16(32-20(22)23)17(10-13)30-2/h3-12,20H,1-2H3,(H,27,29)/b9-7+. The van der Waals surface area contributed by atoms with Crippen LogP contribution in [0.4, 0.5) is 27.6 Å². The smallest absolute Gasteiger partial charge is 0.416 e. The van der Waals surface area contributed by atoms with Crippen LogP contribution in [-0.2, 0) is 20.5 Å². The highest BCUT2D eigenvalue weighted by atomic mass is 19.4. The molecule has 6 nitrogen and oxygen atoms in total. The van der Waals surface area contributed by atoms with E-state index >= 15 is 0 Å². The van der Waals surface area contributed by atoms with Gasteiger partial charge in [0.2, 0.25) is 0 Å². The molecule has 0 aromatic heterocycles. The van der Waals surface area contributed by atoms with Crippen molar-refractivity contribution in [1.29, 1.82) is 0 Å². The second kappa shape index (κ2) is 10.6. The molecule has 0 fully saturated rings. The lowest BCUT2D eigenvalue weighted by atomic mass is 10.2. The molecule has 0 aliphatic carbocycles. The van der Waals surface area contributed by atoms with Crippen molar-refractivity contribution in [1.82, 2.24) is 0 Å². The Labute approximate surface area is 179 Å². The summed E-state index contributed by atoms with van der Waals surface area (Å²) in [6.07, 6.45) is -3.61. The molecule has 0 radical (unpaired) electrons. The summed E-state index contributed by atoms with van der Waals surface area (Å²) in [7, 11) is 1.25. The van der Waals surface area contributed by atoms with Gasteiger partial charge in [0.1, 0.15) is 0 Å². The van der Waals surface area contributed by atoms with E-state index in [-0.39, 0.29) is 17.2 Å². The third kappa shape index (κ3) is 7.25. The number of carbonyl (C=O) groups excluding carboxylic acids is 2. The minimum atomic E-state index is -4.57. The fraction of sp³-hybridized carbons (Fsp3) is 0.238. The van der Waals surface area contributed by atoms with Crippen molar-refractivity contribution in [3.05, 3.63) is 59.7 Å². The van der Waals surface area contributed by atoms with E-state index in [9.17, 15) is 31.5 Å². The van der Waals surface area contributed by atoms with Crippen LogP contribution in [0.3, 0.4) is 0 Å². The summed E-state index contributed by atoms with van der Waals surface area (Å²) >= 11 is 0. The van der Waals surface area contributed by atoms with Crippen LogP contribution in [-0.4, -0.2) is 31.7 Å². The summed E-state index contributed by atoms with van der Waals surface area (Å²) in [5.41, 5.74) is -0.661. The minimum absolute atomic E-state index is 0.00894. The summed E-state index contributed by atoms with van der Waals surface area (Å²) in [5, 5.41) is 2.24. The Morgan fingerprint density at radius 1 is 1.06 bits per heavy atom. The minimum Gasteiger partial charge on any atom is -0.493 e. The highest BCUT2D eigenvalue weighted by molar-refractivity contribution is 5.96. The van der Waals surface area contributed by atoms with E-state index in [4.69, 9.17) is 9.47 Å². The zero-order chi connectivity index (χ0) is 23.9. The molecule has 0 aliphatic rings. The van der Waals surface area contributed by atoms with Gasteiger partial charge in [-0.3, -0.25) is 4.79 Å². The molecule has 1 amide bonds. The number of hydrogen-bond donors (Lipinski definition) is 1. The lowest BCUT2D eigenvalue weighted by Crippen LogP contribution is -2.29. The van der Waals surface area contributed by atoms with E-state index in [2.05, 4.69) is 10.1 Å². The molecule has 0 spiro atoms. The van der Waals surface area contributed by atoms with Gasteiger partial charge in [0.25, 0.3) is 5.91 Å². The molecule has 0 saturated carbocycles. The maximum absolute atomic E-state index is 12.7. The maximum Gasteiger partial charge on any atom is 0.416 e. The first kappa shape index (κ1) is 24.6. The van der Waals surface area contributed by atoms with Gasteiger partial charge in [-0.1, -0.05) is 12.1 Å². The van der Waals surface area contributed by atoms with Crippen LogP contribution in [0, 0.1) is 0 Å². The Kier molecular flexibility index (Phi) is 8.16. The van der Waals surface area contributed by atoms with Crippen molar-refractivity contribution in [2.75, 3.05) is 12.4 Å². The Bertz CT molecular complexity index is 991. The fourth-order valence-corrected chi connectivity index (χ4v) is 2.43. The molecule has 2 aromatic rings. The van der Waals surface area contributed by atoms with Crippen molar-refractivity contribution in [3.8, 4) is 11.5 Å². The number of anilines is 1. The lowest BCUT2D eigenvalue weighted by Gasteiger charge is -2.14. The molecule has 0 aliphatic heterocycles. The molecule has 32 heavy (non-hydrogen) atoms. The summed E-state index contributed by atoms with van der Waals surface area (Å²) in [6, 6.07) is 7.94. The molecule has 0 saturated heterocycles. The third-order valence-corrected chi connectivity index (χ3v) is 3.94. The van der Waals surface area contributed by atoms with Crippen LogP contribution in [0.5, 0.6) is 11.5 Å². The van der Waals surface area contributed by atoms with Crippen molar-refractivity contribution in [2.45, 2.75) is 25.8 Å². The molecule has 1 unspecified atom stereocenters. The topological polar surface area (TPSA) is 73.9 Å². The van der Waals surface area contributed by atoms with Crippen LogP contribution in [0.1, 0.15) is 18.1 Å². The second-order valence-electron chi connectivity index (χ2n) is 6.27. The number of esters is 1. The monoisotopic (exact) mass is 459 g/mol. The molecule has 172 valence electrons. The summed E-state index contributed by atoms with van der Waals surface area (Å²) in [6.45, 7) is -1.79. The van der Waals surface area contributed by atoms with Gasteiger partial charge >= 0.3 is 18.8 Å². The number of amides is 1. The number of halogens is 5. The molecule has 2 rings (SSSR count). The number of rotatable bonds is 8. The molecule has 2 aromatic carbocycles. The van der Waals surface area contributed by atoms with Crippen molar-refractivity contribution < 1.29 is 45.8 Å². The maximum atomic E-state index is 12.7. The van der Waals surface area contributed by atoms with E-state index in [0.29, 0.717) is 5.56 Å². The molecular formula is C21H18F5NO5. The van der Waals surface area contributed by atoms with Crippen molar-refractivity contribution in [3.63, 3.8) is 0 Å². The Morgan fingerprint density at radius 3 is 2.41 bits per heavy atom. The number of hydrogen-bond acceptors (Lipinski definition) is 5. The highest BCUT2D eigenvalue weighted by Gasteiger charge is 2.30. The molecule has 1 N–H and O–H groups in total. The fourth-order valence-electron chi connectivity index (χ4n) is 2.43. The van der Waals surface area contributed by atoms with Crippen molar-refractivity contribution >= 4 is 23.6 Å². The normalized spacial score (nSPS) is 12.5. The van der Waals surface area contributed by atoms with Crippen LogP contribution in [0.2, 0.25) is 0 Å². The van der Waals surface area contributed by atoms with E-state index < -0.39 is 36.3 Å². The number of alkyl halides is 5. The number of carbonyl (C=O) groups is 2. The zero-order valence-corrected chi connectivity index (χ0v) is 16.8. The Morgan fingerprint density at radius 2 is 1.78 bits per heavy atom. The second-order valence-corrected chi connectivity index (χ2v) is 6.27. The lowest BCUT2D eigenvalue weighted by molar-refractivity contribution is -0.148. The van der Waals surface area contributed by atoms with Gasteiger partial charge in [-0.05, 0) is 48.9 Å². The van der Waals surface area contributed by atoms with Crippen LogP contribution < -0.4 is 14.8 Å². The van der Waals surface area contributed by atoms with Crippen LogP contribution >= 0.6 is 0 Å². The summed E-state index contributed by atoms with van der Waals surface area (Å²) in [5.74, 6) is -1.93. The van der Waals surface area contributed by atoms with Gasteiger partial charge in [0, 0.05) is 11.8 Å². The number of nitrogens with one attached hydrogen (secondary N) is 1. The largest absolute Gasteiger partial charge is 0.493 e. The summed E-state index contributed by atoms with van der Waals surface area (Å²) < 4.78 is 77.1. The highest BCUT2D eigenvalue weighted by Crippen LogP contribution is 2.31. The van der Waals surface area contributed by atoms with E-state index in [1.54, 1.807) is 0 Å². The molecule has 0 heterocycles. The molecule has 0 bridgehead atoms. The first-order chi connectivity index (χ1) is 15.0. The molecular weight excluding hydrogens is 441 g/mol. The molecule has 1 atom stereocenters. The quantitative estimate of drug-likeness (QED) is 0.345. The van der Waals surface area contributed by atoms with E-state index in [0.717, 1.165) is 24.3 Å². The van der Waals surface area contributed by atoms with Gasteiger partial charge in [-0.2, -0.15) is 22.0 Å². The van der Waals surface area contributed by atoms with Gasteiger partial charge in [0.05, 0.1) is 12.7 Å². The predicted molar refractivity (Wildman–Crippen MR) is 104 cm³/mol. The molecule has 11 heteroatoms. The van der Waals surface area contributed by atoms with Gasteiger partial charge in [0.15, 0.2) is 17.6 Å². The van der Waals surface area contributed by atoms with Gasteiger partial charge in [-0.25, -0.2) is 4.79 Å². The average Bonchev–Trinajstić information content (AvgIpc) is 2.72. The number of ether oxygens (including phenoxy) is 3. The van der Waals surface area contributed by atoms with Crippen LogP contribution in [0.25, 0.3) is 6.08 Å². The Hall–Kier alpha value is -3.63. The third-order valence-electron chi connectivity index (χ3n) is 3.94. The average molecular weight is 459 g/mol. The van der Waals surface area contributed by atoms with Crippen molar-refractivity contribution in [2.24, 2.45) is 0 Å². The van der Waals surface area contributed by atoms with E-state index in [1.807, 2.05) is 0 Å². The summed E-state index contributed by atoms with van der Waals surface area (Å²) in [4.78, 5) is 24.1. The predicted octanol–water partition coefficient (Wildman–Crippen LogP) is 4.90. The number of methoxy groups -OCH3 is 1. The van der Waals surface area contributed by atoms with Gasteiger partial charge in [-0.15, -0.1) is 0 Å². The van der Waals surface area contributed by atoms with E-state index in [1.165, 1.54) is 44.4 Å². The first-order valence-electron chi connectivity index (χ1n) is 8.99. The zero-order valence-electron chi connectivity index (χ0n) is 16.8. The first-order valence-corrected chi connectivity index (χ1v) is 8.99. The van der Waals surface area contributed by atoms with Gasteiger partial charge < -0.3 is 19.5 Å².